The van der Waals surface area contributed by atoms with Crippen LogP contribution in [0.2, 0.25) is 0 Å². The van der Waals surface area contributed by atoms with Crippen molar-refractivity contribution in [2.75, 3.05) is 13.2 Å². The summed E-state index contributed by atoms with van der Waals surface area (Å²) in [5, 5.41) is 107. The van der Waals surface area contributed by atoms with Crippen LogP contribution in [0.4, 0.5) is 0 Å². The number of rotatable bonds is 10. The summed E-state index contributed by atoms with van der Waals surface area (Å²) in [6.07, 6.45) is -16.2. The molecule has 158 valence electrons. The van der Waals surface area contributed by atoms with E-state index in [1.165, 1.54) is 0 Å². The summed E-state index contributed by atoms with van der Waals surface area (Å²) in [6.45, 7) is -1.73. The van der Waals surface area contributed by atoms with Gasteiger partial charge < -0.3 is 70.9 Å². The van der Waals surface area contributed by atoms with E-state index in [1.54, 1.807) is 0 Å². The van der Waals surface area contributed by atoms with E-state index in [4.69, 9.17) is 51.1 Å². The third-order valence-corrected chi connectivity index (χ3v) is 2.99. The first-order valence-corrected chi connectivity index (χ1v) is 6.91. The van der Waals surface area contributed by atoms with E-state index in [0.717, 1.165) is 0 Å². The molecule has 0 aromatic heterocycles. The number of aliphatic carboxylic acids is 2. The van der Waals surface area contributed by atoms with Gasteiger partial charge in [-0.1, -0.05) is 0 Å². The van der Waals surface area contributed by atoms with Crippen LogP contribution in [0, 0.1) is 0 Å². The van der Waals surface area contributed by atoms with Crippen LogP contribution in [0.25, 0.3) is 0 Å². The second kappa shape index (κ2) is 15.9. The molecule has 0 aromatic carbocycles. The summed E-state index contributed by atoms with van der Waals surface area (Å²) >= 11 is 0. The third kappa shape index (κ3) is 11.6. The normalized spacial score (nSPS) is 19.6. The maximum atomic E-state index is 9.98. The number of carboxylic acids is 2. The average molecular weight is 478 g/mol. The molecule has 0 aromatic rings. The summed E-state index contributed by atoms with van der Waals surface area (Å²) in [7, 11) is 0. The zero-order valence-electron chi connectivity index (χ0n) is 13.8. The number of hydrogen-bond acceptors (Lipinski definition) is 14. The first kappa shape index (κ1) is 31.7. The summed E-state index contributed by atoms with van der Waals surface area (Å²) in [6, 6.07) is 0. The maximum absolute atomic E-state index is 9.98. The van der Waals surface area contributed by atoms with Crippen molar-refractivity contribution >= 4 is 57.4 Å². The molecule has 0 heterocycles. The Kier molecular flexibility index (Phi) is 18.7. The van der Waals surface area contributed by atoms with Crippen LogP contribution in [-0.4, -0.2) is 171 Å². The van der Waals surface area contributed by atoms with Crippen molar-refractivity contribution in [3.8, 4) is 0 Å². The van der Waals surface area contributed by atoms with E-state index < -0.39 is 74.0 Å². The van der Waals surface area contributed by atoms with Crippen molar-refractivity contribution < 1.29 is 70.9 Å². The minimum absolute atomic E-state index is 0. The van der Waals surface area contributed by atoms with Gasteiger partial charge in [0.2, 0.25) is 0 Å². The standard InChI is InChI=1S/2C6H12O7.Sr/c2*7-1-2(8)3(9)4(10)5(11)6(12)13;/h2*2-5,7-11H,1H2,(H,12,13);/p-2/t2*2-,3-,4+,5-;/m11./s1. The summed E-state index contributed by atoms with van der Waals surface area (Å²) in [5.41, 5.74) is 0. The van der Waals surface area contributed by atoms with Gasteiger partial charge in [0.15, 0.2) is 0 Å². The molecule has 0 aliphatic carbocycles. The van der Waals surface area contributed by atoms with Gasteiger partial charge in [-0.3, -0.25) is 0 Å². The Balaban J connectivity index is -0.000000411. The number of hydrogen-bond donors (Lipinski definition) is 10. The number of aliphatic hydroxyl groups is 10. The molecule has 2 radical (unpaired) electrons. The van der Waals surface area contributed by atoms with E-state index in [0.29, 0.717) is 0 Å². The fourth-order valence-corrected chi connectivity index (χ4v) is 1.32. The van der Waals surface area contributed by atoms with Gasteiger partial charge >= 0.3 is 0 Å². The van der Waals surface area contributed by atoms with Crippen LogP contribution in [0.3, 0.4) is 0 Å². The van der Waals surface area contributed by atoms with Crippen molar-refractivity contribution in [3.63, 3.8) is 0 Å². The molecule has 15 heteroatoms. The number of carboxylic acid groups (broad SMARTS) is 2. The quantitative estimate of drug-likeness (QED) is 0.131. The van der Waals surface area contributed by atoms with E-state index >= 15 is 0 Å². The summed E-state index contributed by atoms with van der Waals surface area (Å²) in [5.74, 6) is -3.95. The molecule has 0 fully saturated rings. The smallest absolute Gasteiger partial charge is 0.122 e. The Morgan fingerprint density at radius 1 is 0.593 bits per heavy atom. The second-order valence-corrected chi connectivity index (χ2v) is 4.99. The van der Waals surface area contributed by atoms with Gasteiger partial charge in [-0.25, -0.2) is 0 Å². The van der Waals surface area contributed by atoms with Gasteiger partial charge in [0.25, 0.3) is 0 Å². The third-order valence-electron chi connectivity index (χ3n) is 2.99. The molecule has 8 atom stereocenters. The molecule has 0 rings (SSSR count). The van der Waals surface area contributed by atoms with Crippen LogP contribution in [0.15, 0.2) is 0 Å². The molecule has 10 N–H and O–H groups in total. The minimum Gasteiger partial charge on any atom is -0.547 e. The Morgan fingerprint density at radius 2 is 0.815 bits per heavy atom. The van der Waals surface area contributed by atoms with Gasteiger partial charge in [-0.2, -0.15) is 0 Å². The van der Waals surface area contributed by atoms with Crippen molar-refractivity contribution in [2.45, 2.75) is 48.8 Å². The minimum atomic E-state index is -2.31. The molecule has 0 amide bonds. The van der Waals surface area contributed by atoms with Crippen LogP contribution < -0.4 is 10.2 Å². The fourth-order valence-electron chi connectivity index (χ4n) is 1.32. The van der Waals surface area contributed by atoms with E-state index in [9.17, 15) is 19.8 Å². The monoisotopic (exact) mass is 478 g/mol. The molecule has 0 spiro atoms. The van der Waals surface area contributed by atoms with Gasteiger partial charge in [0, 0.05) is 45.5 Å². The Bertz CT molecular complexity index is 385. The Labute approximate surface area is 189 Å². The van der Waals surface area contributed by atoms with Gasteiger partial charge in [0.05, 0.1) is 25.2 Å². The van der Waals surface area contributed by atoms with Gasteiger partial charge in [-0.05, 0) is 0 Å². The zero-order valence-corrected chi connectivity index (χ0v) is 17.3. The number of carbonyl (C=O) groups is 2. The fraction of sp³-hybridized carbons (Fsp3) is 0.833. The SMILES string of the molecule is O=C([O-])[C@H](O)[C@@H](O)[C@H](O)[C@H](O)CO.O=C([O-])[C@H](O)[C@@H](O)[C@H](O)[C@H](O)CO.[Sr]. The van der Waals surface area contributed by atoms with E-state index in [2.05, 4.69) is 0 Å². The topological polar surface area (TPSA) is 283 Å². The zero-order chi connectivity index (χ0) is 21.2. The second-order valence-electron chi connectivity index (χ2n) is 4.99. The molecule has 0 aliphatic rings. The van der Waals surface area contributed by atoms with E-state index in [1.807, 2.05) is 0 Å². The van der Waals surface area contributed by atoms with Gasteiger partial charge in [-0.15, -0.1) is 0 Å². The predicted molar refractivity (Wildman–Crippen MR) is 78.0 cm³/mol. The van der Waals surface area contributed by atoms with Crippen LogP contribution in [-0.2, 0) is 9.59 Å². The van der Waals surface area contributed by atoms with Gasteiger partial charge in [0.1, 0.15) is 48.8 Å². The van der Waals surface area contributed by atoms with Crippen molar-refractivity contribution in [3.05, 3.63) is 0 Å². The molecule has 14 nitrogen and oxygen atoms in total. The van der Waals surface area contributed by atoms with Crippen molar-refractivity contribution in [1.82, 2.24) is 0 Å². The summed E-state index contributed by atoms with van der Waals surface area (Å²) in [4.78, 5) is 20.0. The average Bonchev–Trinajstić information content (AvgIpc) is 2.62. The summed E-state index contributed by atoms with van der Waals surface area (Å²) < 4.78 is 0. The first-order chi connectivity index (χ1) is 11.8. The van der Waals surface area contributed by atoms with Crippen molar-refractivity contribution in [1.29, 1.82) is 0 Å². The number of aliphatic hydroxyl groups excluding tert-OH is 10. The van der Waals surface area contributed by atoms with Crippen LogP contribution >= 0.6 is 0 Å². The molecule has 0 saturated heterocycles. The van der Waals surface area contributed by atoms with E-state index in [-0.39, 0.29) is 45.5 Å². The maximum Gasteiger partial charge on any atom is 0.122 e. The Hall–Kier alpha value is 0.0205. The van der Waals surface area contributed by atoms with Crippen LogP contribution in [0.1, 0.15) is 0 Å². The number of carbonyl (C=O) groups excluding carboxylic acids is 2. The van der Waals surface area contributed by atoms with Crippen molar-refractivity contribution in [2.24, 2.45) is 0 Å². The molecule has 0 unspecified atom stereocenters. The molecule has 0 bridgehead atoms. The predicted octanol–water partition coefficient (Wildman–Crippen LogP) is -10.0. The molecular weight excluding hydrogens is 456 g/mol. The molecule has 27 heavy (non-hydrogen) atoms. The first-order valence-electron chi connectivity index (χ1n) is 6.91. The molecule has 0 aliphatic heterocycles. The largest absolute Gasteiger partial charge is 0.547 e. The molecular formula is C12H22O14Sr-2. The van der Waals surface area contributed by atoms with Crippen LogP contribution in [0.5, 0.6) is 0 Å². The Morgan fingerprint density at radius 3 is 0.963 bits per heavy atom. The molecule has 0 saturated carbocycles.